The molecule has 1 amide bonds. The van der Waals surface area contributed by atoms with Gasteiger partial charge in [0, 0.05) is 12.5 Å². The van der Waals surface area contributed by atoms with Crippen molar-refractivity contribution in [1.82, 2.24) is 5.32 Å². The highest BCUT2D eigenvalue weighted by Gasteiger charge is 2.32. The zero-order valence-electron chi connectivity index (χ0n) is 16.7. The molecule has 174 valence electrons. The van der Waals surface area contributed by atoms with Gasteiger partial charge in [0.2, 0.25) is 6.04 Å². The van der Waals surface area contributed by atoms with E-state index in [1.54, 1.807) is 5.32 Å². The van der Waals surface area contributed by atoms with Crippen LogP contribution in [0.25, 0.3) is 6.08 Å². The first-order valence-corrected chi connectivity index (χ1v) is 9.15. The van der Waals surface area contributed by atoms with Gasteiger partial charge in [-0.15, -0.1) is 0 Å². The molecule has 1 unspecified atom stereocenters. The molecule has 12 nitrogen and oxygen atoms in total. The Hall–Kier alpha value is -4.74. The number of amides is 1. The lowest BCUT2D eigenvalue weighted by Gasteiger charge is -2.19. The Labute approximate surface area is 185 Å². The van der Waals surface area contributed by atoms with Gasteiger partial charge in [-0.25, -0.2) is 14.4 Å². The van der Waals surface area contributed by atoms with E-state index in [2.05, 4.69) is 0 Å². The molecule has 0 aliphatic heterocycles. The maximum atomic E-state index is 12.5. The minimum absolute atomic E-state index is 0.202. The fourth-order valence-corrected chi connectivity index (χ4v) is 2.55. The Morgan fingerprint density at radius 1 is 0.848 bits per heavy atom. The van der Waals surface area contributed by atoms with Crippen molar-refractivity contribution >= 4 is 29.9 Å². The first kappa shape index (κ1) is 24.5. The molecule has 0 saturated carbocycles. The lowest BCUT2D eigenvalue weighted by molar-refractivity contribution is -0.156. The average molecular weight is 461 g/mol. The van der Waals surface area contributed by atoms with Crippen LogP contribution in [-0.4, -0.2) is 66.6 Å². The summed E-state index contributed by atoms with van der Waals surface area (Å²) in [6, 6.07) is 4.86. The lowest BCUT2D eigenvalue weighted by Crippen LogP contribution is -2.51. The van der Waals surface area contributed by atoms with Crippen molar-refractivity contribution in [1.29, 1.82) is 0 Å². The van der Waals surface area contributed by atoms with E-state index in [1.807, 2.05) is 0 Å². The number of carboxylic acids is 2. The third-order valence-corrected chi connectivity index (χ3v) is 4.20. The van der Waals surface area contributed by atoms with Crippen molar-refractivity contribution in [2.75, 3.05) is 0 Å². The average Bonchev–Trinajstić information content (AvgIpc) is 2.74. The standard InChI is InChI=1S/C21H19NO11/c23-12-4-1-10(7-14(12)25)3-6-17(27)33-16(9-11-2-5-13(24)15(26)8-11)19(28)22-18(20(29)30)21(31)32/h1-8,16,18,23-26H,9H2,(H,22,28)(H,29,30)(H,31,32)/b6-3+. The van der Waals surface area contributed by atoms with Crippen LogP contribution in [0.2, 0.25) is 0 Å². The van der Waals surface area contributed by atoms with E-state index >= 15 is 0 Å². The Morgan fingerprint density at radius 3 is 1.97 bits per heavy atom. The van der Waals surface area contributed by atoms with Gasteiger partial charge in [-0.1, -0.05) is 12.1 Å². The molecule has 12 heteroatoms. The number of hydrogen-bond donors (Lipinski definition) is 7. The minimum atomic E-state index is -2.30. The van der Waals surface area contributed by atoms with Gasteiger partial charge in [0.05, 0.1) is 0 Å². The van der Waals surface area contributed by atoms with Crippen molar-refractivity contribution in [3.63, 3.8) is 0 Å². The summed E-state index contributed by atoms with van der Waals surface area (Å²) in [6.45, 7) is 0. The number of phenols is 4. The number of carboxylic acid groups (broad SMARTS) is 2. The van der Waals surface area contributed by atoms with Crippen molar-refractivity contribution in [3.8, 4) is 23.0 Å². The Kier molecular flexibility index (Phi) is 7.82. The summed E-state index contributed by atoms with van der Waals surface area (Å²) < 4.78 is 5.04. The van der Waals surface area contributed by atoms with Gasteiger partial charge in [-0.05, 0) is 41.5 Å². The van der Waals surface area contributed by atoms with E-state index in [0.29, 0.717) is 5.56 Å². The lowest BCUT2D eigenvalue weighted by atomic mass is 10.1. The smallest absolute Gasteiger partial charge is 0.338 e. The van der Waals surface area contributed by atoms with Crippen LogP contribution in [0.4, 0.5) is 0 Å². The molecule has 0 bridgehead atoms. The van der Waals surface area contributed by atoms with E-state index in [1.165, 1.54) is 24.3 Å². The first-order valence-electron chi connectivity index (χ1n) is 9.15. The topological polar surface area (TPSA) is 211 Å². The van der Waals surface area contributed by atoms with Gasteiger partial charge in [0.25, 0.3) is 5.91 Å². The molecule has 0 radical (unpaired) electrons. The van der Waals surface area contributed by atoms with Crippen molar-refractivity contribution in [2.45, 2.75) is 18.6 Å². The predicted octanol–water partition coefficient (Wildman–Crippen LogP) is 0.331. The molecule has 0 fully saturated rings. The molecule has 0 aliphatic carbocycles. The highest BCUT2D eigenvalue weighted by molar-refractivity contribution is 6.01. The number of carbonyl (C=O) groups excluding carboxylic acids is 2. The maximum Gasteiger partial charge on any atom is 0.338 e. The number of rotatable bonds is 9. The van der Waals surface area contributed by atoms with Crippen LogP contribution < -0.4 is 5.32 Å². The van der Waals surface area contributed by atoms with Crippen LogP contribution in [0, 0.1) is 0 Å². The fraction of sp³-hybridized carbons (Fsp3) is 0.143. The second-order valence-corrected chi connectivity index (χ2v) is 6.65. The van der Waals surface area contributed by atoms with Gasteiger partial charge in [0.1, 0.15) is 0 Å². The number of benzene rings is 2. The maximum absolute atomic E-state index is 12.5. The van der Waals surface area contributed by atoms with Gasteiger partial charge >= 0.3 is 17.9 Å². The minimum Gasteiger partial charge on any atom is -0.504 e. The van der Waals surface area contributed by atoms with Crippen LogP contribution >= 0.6 is 0 Å². The molecule has 2 aromatic carbocycles. The van der Waals surface area contributed by atoms with Crippen LogP contribution in [0.3, 0.4) is 0 Å². The molecule has 0 spiro atoms. The SMILES string of the molecule is O=C(/C=C/c1ccc(O)c(O)c1)OC(Cc1ccc(O)c(O)c1)C(=O)NC(C(=O)O)C(=O)O. The van der Waals surface area contributed by atoms with Gasteiger partial charge in [-0.2, -0.15) is 0 Å². The number of aromatic hydroxyl groups is 4. The largest absolute Gasteiger partial charge is 0.504 e. The molecule has 0 aromatic heterocycles. The van der Waals surface area contributed by atoms with Crippen molar-refractivity contribution in [3.05, 3.63) is 53.6 Å². The van der Waals surface area contributed by atoms with Crippen LogP contribution in [0.15, 0.2) is 42.5 Å². The number of aliphatic carboxylic acids is 2. The van der Waals surface area contributed by atoms with E-state index < -0.39 is 59.6 Å². The Balaban J connectivity index is 2.23. The summed E-state index contributed by atoms with van der Waals surface area (Å²) in [6.07, 6.45) is -0.0297. The second kappa shape index (κ2) is 10.5. The summed E-state index contributed by atoms with van der Waals surface area (Å²) in [4.78, 5) is 46.8. The third kappa shape index (κ3) is 6.89. The van der Waals surface area contributed by atoms with Crippen LogP contribution in [-0.2, 0) is 30.3 Å². The number of hydrogen-bond acceptors (Lipinski definition) is 9. The molecule has 2 rings (SSSR count). The van der Waals surface area contributed by atoms with E-state index in [9.17, 15) is 39.6 Å². The Morgan fingerprint density at radius 2 is 1.42 bits per heavy atom. The van der Waals surface area contributed by atoms with E-state index in [4.69, 9.17) is 14.9 Å². The third-order valence-electron chi connectivity index (χ3n) is 4.20. The predicted molar refractivity (Wildman–Crippen MR) is 109 cm³/mol. The summed E-state index contributed by atoms with van der Waals surface area (Å²) in [7, 11) is 0. The molecule has 33 heavy (non-hydrogen) atoms. The Bertz CT molecular complexity index is 1100. The fourth-order valence-electron chi connectivity index (χ4n) is 2.55. The number of carbonyl (C=O) groups is 4. The normalized spacial score (nSPS) is 11.8. The molecule has 1 atom stereocenters. The highest BCUT2D eigenvalue weighted by atomic mass is 16.5. The molecule has 2 aromatic rings. The van der Waals surface area contributed by atoms with Crippen LogP contribution in [0.1, 0.15) is 11.1 Å². The van der Waals surface area contributed by atoms with Gasteiger partial charge in [-0.3, -0.25) is 4.79 Å². The molecule has 0 heterocycles. The highest BCUT2D eigenvalue weighted by Crippen LogP contribution is 2.26. The zero-order valence-corrected chi connectivity index (χ0v) is 16.7. The monoisotopic (exact) mass is 461 g/mol. The number of esters is 1. The molecule has 0 aliphatic rings. The number of ether oxygens (including phenoxy) is 1. The summed E-state index contributed by atoms with van der Waals surface area (Å²) in [5.74, 6) is -7.81. The van der Waals surface area contributed by atoms with Crippen LogP contribution in [0.5, 0.6) is 23.0 Å². The van der Waals surface area contributed by atoms with E-state index in [0.717, 1.165) is 24.3 Å². The van der Waals surface area contributed by atoms with Crippen molar-refractivity contribution < 1.29 is 54.6 Å². The molecule has 7 N–H and O–H groups in total. The summed E-state index contributed by atoms with van der Waals surface area (Å²) in [5.41, 5.74) is 0.497. The van der Waals surface area contributed by atoms with Gasteiger partial charge < -0.3 is 40.7 Å². The molecular formula is C21H19NO11. The zero-order chi connectivity index (χ0) is 24.7. The summed E-state index contributed by atoms with van der Waals surface area (Å²) in [5, 5.41) is 57.4. The first-order chi connectivity index (χ1) is 15.5. The molecular weight excluding hydrogens is 442 g/mol. The second-order valence-electron chi connectivity index (χ2n) is 6.65. The van der Waals surface area contributed by atoms with Crippen molar-refractivity contribution in [2.24, 2.45) is 0 Å². The summed E-state index contributed by atoms with van der Waals surface area (Å²) >= 11 is 0. The number of nitrogens with one attached hydrogen (secondary N) is 1. The van der Waals surface area contributed by atoms with Gasteiger partial charge in [0.15, 0.2) is 29.1 Å². The molecule has 0 saturated heterocycles. The van der Waals surface area contributed by atoms with E-state index in [-0.39, 0.29) is 11.3 Å². The number of phenolic OH excluding ortho intramolecular Hbond substituents is 4. The quantitative estimate of drug-likeness (QED) is 0.117.